The minimum atomic E-state index is -0.306. The molecule has 0 radical (unpaired) electrons. The lowest BCUT2D eigenvalue weighted by Crippen LogP contribution is -2.26. The number of rotatable bonds is 6. The van der Waals surface area contributed by atoms with Crippen LogP contribution in [0.4, 0.5) is 5.69 Å². The first-order valence-corrected chi connectivity index (χ1v) is 7.90. The average molecular weight is 367 g/mol. The van der Waals surface area contributed by atoms with E-state index in [9.17, 15) is 9.59 Å². The van der Waals surface area contributed by atoms with Gasteiger partial charge < -0.3 is 15.4 Å². The van der Waals surface area contributed by atoms with Gasteiger partial charge in [-0.3, -0.25) is 9.59 Å². The molecule has 0 spiro atoms. The molecule has 0 aromatic heterocycles. The summed E-state index contributed by atoms with van der Waals surface area (Å²) in [7, 11) is 1.56. The molecule has 2 aromatic rings. The molecule has 0 bridgehead atoms. The van der Waals surface area contributed by atoms with Gasteiger partial charge in [-0.2, -0.15) is 0 Å². The van der Waals surface area contributed by atoms with Crippen LogP contribution in [0, 0.1) is 0 Å². The second-order valence-electron chi connectivity index (χ2n) is 4.91. The van der Waals surface area contributed by atoms with Crippen molar-refractivity contribution in [1.82, 2.24) is 5.32 Å². The van der Waals surface area contributed by atoms with E-state index in [-0.39, 0.29) is 11.8 Å². The topological polar surface area (TPSA) is 67.4 Å². The number of carbonyl (C=O) groups excluding carboxylic acids is 2. The first-order valence-electron chi connectivity index (χ1n) is 7.15. The molecule has 5 nitrogen and oxygen atoms in total. The summed E-state index contributed by atoms with van der Waals surface area (Å²) < 4.78 is 4.87. The number of amides is 2. The van der Waals surface area contributed by atoms with Gasteiger partial charge in [-0.1, -0.05) is 23.2 Å². The molecule has 0 saturated heterocycles. The molecule has 7 heteroatoms. The van der Waals surface area contributed by atoms with Crippen LogP contribution in [0.3, 0.4) is 0 Å². The maximum atomic E-state index is 12.2. The molecular weight excluding hydrogens is 351 g/mol. The highest BCUT2D eigenvalue weighted by molar-refractivity contribution is 6.42. The molecule has 2 rings (SSSR count). The molecule has 0 aliphatic rings. The Kier molecular flexibility index (Phi) is 6.61. The maximum Gasteiger partial charge on any atom is 0.255 e. The second kappa shape index (κ2) is 8.68. The highest BCUT2D eigenvalue weighted by atomic mass is 35.5. The van der Waals surface area contributed by atoms with E-state index in [2.05, 4.69) is 10.6 Å². The van der Waals surface area contributed by atoms with Crippen LogP contribution in [0.5, 0.6) is 0 Å². The summed E-state index contributed by atoms with van der Waals surface area (Å²) in [5, 5.41) is 6.20. The van der Waals surface area contributed by atoms with Crippen molar-refractivity contribution >= 4 is 40.7 Å². The van der Waals surface area contributed by atoms with Gasteiger partial charge >= 0.3 is 0 Å². The number of nitrogens with one attached hydrogen (secondary N) is 2. The Morgan fingerprint density at radius 1 is 0.958 bits per heavy atom. The highest BCUT2D eigenvalue weighted by Crippen LogP contribution is 2.25. The fourth-order valence-electron chi connectivity index (χ4n) is 1.92. The number of hydrogen-bond acceptors (Lipinski definition) is 3. The van der Waals surface area contributed by atoms with Crippen LogP contribution in [0.15, 0.2) is 42.5 Å². The number of anilines is 1. The van der Waals surface area contributed by atoms with E-state index in [0.717, 1.165) is 0 Å². The Bertz CT molecular complexity index is 733. The lowest BCUT2D eigenvalue weighted by Gasteiger charge is -2.08. The standard InChI is InChI=1S/C17H16Cl2N2O3/c1-24-9-8-20-16(22)11-2-4-12(5-3-11)17(23)21-13-6-7-14(18)15(19)10-13/h2-7,10H,8-9H2,1H3,(H,20,22)(H,21,23). The molecule has 0 heterocycles. The maximum absolute atomic E-state index is 12.2. The van der Waals surface area contributed by atoms with Crippen LogP contribution in [-0.2, 0) is 4.74 Å². The summed E-state index contributed by atoms with van der Waals surface area (Å²) in [6.07, 6.45) is 0. The third kappa shape index (κ3) is 4.96. The van der Waals surface area contributed by atoms with E-state index >= 15 is 0 Å². The van der Waals surface area contributed by atoms with Crippen molar-refractivity contribution < 1.29 is 14.3 Å². The lowest BCUT2D eigenvalue weighted by molar-refractivity contribution is 0.0935. The van der Waals surface area contributed by atoms with Gasteiger partial charge in [-0.15, -0.1) is 0 Å². The third-order valence-corrected chi connectivity index (χ3v) is 3.92. The van der Waals surface area contributed by atoms with Gasteiger partial charge in [0.15, 0.2) is 0 Å². The summed E-state index contributed by atoms with van der Waals surface area (Å²) in [6.45, 7) is 0.866. The van der Waals surface area contributed by atoms with Crippen molar-refractivity contribution in [3.8, 4) is 0 Å². The van der Waals surface area contributed by atoms with Gasteiger partial charge in [0.1, 0.15) is 0 Å². The van der Waals surface area contributed by atoms with Gasteiger partial charge in [0.25, 0.3) is 11.8 Å². The lowest BCUT2D eigenvalue weighted by atomic mass is 10.1. The number of ether oxygens (including phenoxy) is 1. The van der Waals surface area contributed by atoms with Crippen molar-refractivity contribution in [3.63, 3.8) is 0 Å². The quantitative estimate of drug-likeness (QED) is 0.767. The van der Waals surface area contributed by atoms with E-state index in [1.165, 1.54) is 0 Å². The SMILES string of the molecule is COCCNC(=O)c1ccc(C(=O)Nc2ccc(Cl)c(Cl)c2)cc1. The largest absolute Gasteiger partial charge is 0.383 e. The van der Waals surface area contributed by atoms with E-state index in [1.54, 1.807) is 49.6 Å². The van der Waals surface area contributed by atoms with Crippen LogP contribution >= 0.6 is 23.2 Å². The fraction of sp³-hybridized carbons (Fsp3) is 0.176. The Balaban J connectivity index is 2.00. The van der Waals surface area contributed by atoms with Crippen LogP contribution in [0.2, 0.25) is 10.0 Å². The van der Waals surface area contributed by atoms with Gasteiger partial charge in [0, 0.05) is 30.5 Å². The minimum absolute atomic E-state index is 0.219. The summed E-state index contributed by atoms with van der Waals surface area (Å²) in [5.74, 6) is -0.525. The van der Waals surface area contributed by atoms with Crippen molar-refractivity contribution in [2.24, 2.45) is 0 Å². The molecule has 24 heavy (non-hydrogen) atoms. The summed E-state index contributed by atoms with van der Waals surface area (Å²) >= 11 is 11.8. The molecule has 2 amide bonds. The molecule has 2 N–H and O–H groups in total. The molecule has 2 aromatic carbocycles. The number of halogens is 2. The highest BCUT2D eigenvalue weighted by Gasteiger charge is 2.10. The number of methoxy groups -OCH3 is 1. The van der Waals surface area contributed by atoms with E-state index in [4.69, 9.17) is 27.9 Å². The fourth-order valence-corrected chi connectivity index (χ4v) is 2.22. The molecule has 126 valence electrons. The van der Waals surface area contributed by atoms with Crippen LogP contribution in [0.1, 0.15) is 20.7 Å². The second-order valence-corrected chi connectivity index (χ2v) is 5.72. The number of hydrogen-bond donors (Lipinski definition) is 2. The van der Waals surface area contributed by atoms with Crippen molar-refractivity contribution in [1.29, 1.82) is 0 Å². The average Bonchev–Trinajstić information content (AvgIpc) is 2.58. The zero-order valence-corrected chi connectivity index (χ0v) is 14.4. The Hall–Kier alpha value is -2.08. The van der Waals surface area contributed by atoms with E-state index in [1.807, 2.05) is 0 Å². The van der Waals surface area contributed by atoms with E-state index < -0.39 is 0 Å². The van der Waals surface area contributed by atoms with Gasteiger partial charge in [0.2, 0.25) is 0 Å². The monoisotopic (exact) mass is 366 g/mol. The predicted octanol–water partition coefficient (Wildman–Crippen LogP) is 3.62. The van der Waals surface area contributed by atoms with Gasteiger partial charge in [0.05, 0.1) is 16.7 Å². The van der Waals surface area contributed by atoms with E-state index in [0.29, 0.717) is 40.0 Å². The normalized spacial score (nSPS) is 10.3. The van der Waals surface area contributed by atoms with Crippen molar-refractivity contribution in [2.45, 2.75) is 0 Å². The Morgan fingerprint density at radius 3 is 2.17 bits per heavy atom. The zero-order chi connectivity index (χ0) is 17.5. The first-order chi connectivity index (χ1) is 11.5. The van der Waals surface area contributed by atoms with Gasteiger partial charge in [-0.25, -0.2) is 0 Å². The number of carbonyl (C=O) groups is 2. The first kappa shape index (κ1) is 18.3. The van der Waals surface area contributed by atoms with Gasteiger partial charge in [-0.05, 0) is 42.5 Å². The Labute approximate surface area is 149 Å². The smallest absolute Gasteiger partial charge is 0.255 e. The summed E-state index contributed by atoms with van der Waals surface area (Å²) in [5.41, 5.74) is 1.43. The minimum Gasteiger partial charge on any atom is -0.383 e. The summed E-state index contributed by atoms with van der Waals surface area (Å²) in [4.78, 5) is 24.1. The van der Waals surface area contributed by atoms with Crippen LogP contribution in [-0.4, -0.2) is 32.1 Å². The number of benzene rings is 2. The van der Waals surface area contributed by atoms with Crippen molar-refractivity contribution in [2.75, 3.05) is 25.6 Å². The molecule has 0 aliphatic heterocycles. The van der Waals surface area contributed by atoms with Crippen molar-refractivity contribution in [3.05, 3.63) is 63.6 Å². The van der Waals surface area contributed by atoms with Crippen LogP contribution in [0.25, 0.3) is 0 Å². The third-order valence-electron chi connectivity index (χ3n) is 3.18. The predicted molar refractivity (Wildman–Crippen MR) is 95.1 cm³/mol. The molecule has 0 aliphatic carbocycles. The van der Waals surface area contributed by atoms with Crippen LogP contribution < -0.4 is 10.6 Å². The summed E-state index contributed by atoms with van der Waals surface area (Å²) in [6, 6.07) is 11.2. The molecule has 0 atom stereocenters. The molecular formula is C17H16Cl2N2O3. The Morgan fingerprint density at radius 2 is 1.58 bits per heavy atom. The molecule has 0 fully saturated rings. The zero-order valence-electron chi connectivity index (χ0n) is 12.9. The molecule has 0 unspecified atom stereocenters. The molecule has 0 saturated carbocycles.